The van der Waals surface area contributed by atoms with E-state index in [4.69, 9.17) is 0 Å². The van der Waals surface area contributed by atoms with Gasteiger partial charge in [0.05, 0.1) is 0 Å². The molecule has 0 aliphatic rings. The summed E-state index contributed by atoms with van der Waals surface area (Å²) in [5.74, 6) is 1.69. The first-order valence-corrected chi connectivity index (χ1v) is 3.64. The van der Waals surface area contributed by atoms with Crippen LogP contribution in [0.2, 0.25) is 0 Å². The third kappa shape index (κ3) is 0.990. The van der Waals surface area contributed by atoms with E-state index in [0.29, 0.717) is 0 Å². The molecule has 0 radical (unpaired) electrons. The number of hydrogen-bond donors (Lipinski definition) is 0. The van der Waals surface area contributed by atoms with E-state index in [0.717, 1.165) is 11.6 Å². The molecule has 0 unspecified atom stereocenters. The minimum absolute atomic E-state index is 0.841. The zero-order valence-electron chi connectivity index (χ0n) is 6.97. The Hall–Kier alpha value is -1.65. The largest absolute Gasteiger partial charge is 0.274 e. The Labute approximate surface area is 69.7 Å². The van der Waals surface area contributed by atoms with Crippen molar-refractivity contribution in [2.24, 2.45) is 7.05 Å². The van der Waals surface area contributed by atoms with E-state index in [9.17, 15) is 0 Å². The lowest BCUT2D eigenvalue weighted by Crippen LogP contribution is -1.97. The predicted octanol–water partition coefficient (Wildman–Crippen LogP) is 0.309. The van der Waals surface area contributed by atoms with Crippen LogP contribution < -0.4 is 0 Å². The van der Waals surface area contributed by atoms with Gasteiger partial charge in [0.1, 0.15) is 12.2 Å². The number of aryl methyl sites for hydroxylation is 2. The molecule has 2 rings (SSSR count). The summed E-state index contributed by atoms with van der Waals surface area (Å²) < 4.78 is 3.58. The maximum absolute atomic E-state index is 4.21. The van der Waals surface area contributed by atoms with Gasteiger partial charge in [-0.2, -0.15) is 5.10 Å². The van der Waals surface area contributed by atoms with Gasteiger partial charge in [0.25, 0.3) is 0 Å². The lowest BCUT2D eigenvalue weighted by atomic mass is 10.6. The topological polar surface area (TPSA) is 48.5 Å². The molecule has 0 fully saturated rings. The average Bonchev–Trinajstić information content (AvgIpc) is 2.58. The van der Waals surface area contributed by atoms with Crippen molar-refractivity contribution in [2.75, 3.05) is 0 Å². The van der Waals surface area contributed by atoms with Crippen molar-refractivity contribution in [1.82, 2.24) is 24.5 Å². The molecule has 62 valence electrons. The Bertz CT molecular complexity index is 386. The van der Waals surface area contributed by atoms with Crippen LogP contribution in [-0.4, -0.2) is 24.5 Å². The fourth-order valence-electron chi connectivity index (χ4n) is 1.05. The molecule has 0 N–H and O–H groups in total. The third-order valence-electron chi connectivity index (χ3n) is 1.66. The van der Waals surface area contributed by atoms with Crippen molar-refractivity contribution in [3.05, 3.63) is 24.4 Å². The van der Waals surface area contributed by atoms with Crippen LogP contribution >= 0.6 is 0 Å². The third-order valence-corrected chi connectivity index (χ3v) is 1.66. The first kappa shape index (κ1) is 7.02. The Morgan fingerprint density at radius 2 is 2.25 bits per heavy atom. The van der Waals surface area contributed by atoms with Gasteiger partial charge >= 0.3 is 0 Å². The highest BCUT2D eigenvalue weighted by Gasteiger charge is 2.02. The van der Waals surface area contributed by atoms with Crippen molar-refractivity contribution in [3.8, 4) is 5.82 Å². The van der Waals surface area contributed by atoms with Crippen LogP contribution in [0.15, 0.2) is 18.6 Å². The molecule has 0 atom stereocenters. The van der Waals surface area contributed by atoms with Crippen LogP contribution in [-0.2, 0) is 7.05 Å². The molecule has 0 saturated heterocycles. The Balaban J connectivity index is 2.50. The van der Waals surface area contributed by atoms with E-state index in [2.05, 4.69) is 15.3 Å². The van der Waals surface area contributed by atoms with Gasteiger partial charge in [0.2, 0.25) is 0 Å². The molecule has 0 saturated carbocycles. The SMILES string of the molecule is Cc1nncn1-c1ccn(C)n1. The van der Waals surface area contributed by atoms with E-state index in [-0.39, 0.29) is 0 Å². The standard InChI is InChI=1S/C7H9N5/c1-6-9-8-5-12(6)7-3-4-11(2)10-7/h3-5H,1-2H3. The number of hydrogen-bond acceptors (Lipinski definition) is 3. The molecule has 2 aromatic heterocycles. The monoisotopic (exact) mass is 163 g/mol. The maximum Gasteiger partial charge on any atom is 0.161 e. The highest BCUT2D eigenvalue weighted by atomic mass is 15.3. The quantitative estimate of drug-likeness (QED) is 0.607. The van der Waals surface area contributed by atoms with E-state index in [1.165, 1.54) is 0 Å². The van der Waals surface area contributed by atoms with E-state index < -0.39 is 0 Å². The molecule has 0 aliphatic heterocycles. The van der Waals surface area contributed by atoms with Gasteiger partial charge in [-0.05, 0) is 6.92 Å². The smallest absolute Gasteiger partial charge is 0.161 e. The predicted molar refractivity (Wildman–Crippen MR) is 42.9 cm³/mol. The van der Waals surface area contributed by atoms with Gasteiger partial charge in [-0.15, -0.1) is 10.2 Å². The van der Waals surface area contributed by atoms with Crippen LogP contribution in [0.1, 0.15) is 5.82 Å². The molecule has 0 bridgehead atoms. The van der Waals surface area contributed by atoms with Crippen molar-refractivity contribution in [1.29, 1.82) is 0 Å². The number of aromatic nitrogens is 5. The van der Waals surface area contributed by atoms with Gasteiger partial charge in [-0.1, -0.05) is 0 Å². The van der Waals surface area contributed by atoms with Crippen LogP contribution in [0.3, 0.4) is 0 Å². The molecule has 0 aliphatic carbocycles. The van der Waals surface area contributed by atoms with Crippen LogP contribution in [0.4, 0.5) is 0 Å². The van der Waals surface area contributed by atoms with Crippen molar-refractivity contribution < 1.29 is 0 Å². The van der Waals surface area contributed by atoms with Crippen molar-refractivity contribution in [2.45, 2.75) is 6.92 Å². The summed E-state index contributed by atoms with van der Waals surface area (Å²) in [5.41, 5.74) is 0. The normalized spacial score (nSPS) is 10.5. The summed E-state index contributed by atoms with van der Waals surface area (Å²) >= 11 is 0. The summed E-state index contributed by atoms with van der Waals surface area (Å²) in [4.78, 5) is 0. The highest BCUT2D eigenvalue weighted by Crippen LogP contribution is 2.04. The molecule has 2 heterocycles. The van der Waals surface area contributed by atoms with Crippen molar-refractivity contribution in [3.63, 3.8) is 0 Å². The zero-order chi connectivity index (χ0) is 8.55. The highest BCUT2D eigenvalue weighted by molar-refractivity contribution is 5.20. The van der Waals surface area contributed by atoms with Gasteiger partial charge in [-0.3, -0.25) is 9.25 Å². The van der Waals surface area contributed by atoms with E-state index in [1.54, 1.807) is 11.0 Å². The fraction of sp³-hybridized carbons (Fsp3) is 0.286. The Morgan fingerprint density at radius 3 is 2.75 bits per heavy atom. The molecule has 5 heteroatoms. The van der Waals surface area contributed by atoms with E-state index in [1.807, 2.05) is 30.8 Å². The number of rotatable bonds is 1. The summed E-state index contributed by atoms with van der Waals surface area (Å²) in [6.07, 6.45) is 3.53. The fourth-order valence-corrected chi connectivity index (χ4v) is 1.05. The summed E-state index contributed by atoms with van der Waals surface area (Å²) in [7, 11) is 1.88. The Kier molecular flexibility index (Phi) is 1.43. The molecular weight excluding hydrogens is 154 g/mol. The minimum Gasteiger partial charge on any atom is -0.274 e. The van der Waals surface area contributed by atoms with Crippen molar-refractivity contribution >= 4 is 0 Å². The van der Waals surface area contributed by atoms with Gasteiger partial charge in [0.15, 0.2) is 5.82 Å². The molecule has 2 aromatic rings. The molecule has 0 aromatic carbocycles. The Morgan fingerprint density at radius 1 is 1.42 bits per heavy atom. The molecule has 5 nitrogen and oxygen atoms in total. The first-order valence-electron chi connectivity index (χ1n) is 3.64. The molecule has 0 amide bonds. The number of nitrogens with zero attached hydrogens (tertiary/aromatic N) is 5. The van der Waals surface area contributed by atoms with Gasteiger partial charge in [0, 0.05) is 19.3 Å². The zero-order valence-corrected chi connectivity index (χ0v) is 6.97. The maximum atomic E-state index is 4.21. The summed E-state index contributed by atoms with van der Waals surface area (Å²) in [6, 6.07) is 1.91. The molecule has 12 heavy (non-hydrogen) atoms. The first-order chi connectivity index (χ1) is 5.77. The second-order valence-corrected chi connectivity index (χ2v) is 2.60. The van der Waals surface area contributed by atoms with E-state index >= 15 is 0 Å². The summed E-state index contributed by atoms with van der Waals surface area (Å²) in [6.45, 7) is 1.89. The molecule has 0 spiro atoms. The lowest BCUT2D eigenvalue weighted by molar-refractivity contribution is 0.747. The van der Waals surface area contributed by atoms with Crippen LogP contribution in [0.25, 0.3) is 5.82 Å². The van der Waals surface area contributed by atoms with Crippen LogP contribution in [0, 0.1) is 6.92 Å². The second kappa shape index (κ2) is 2.44. The van der Waals surface area contributed by atoms with Gasteiger partial charge < -0.3 is 0 Å². The average molecular weight is 163 g/mol. The lowest BCUT2D eigenvalue weighted by Gasteiger charge is -1.95. The summed E-state index contributed by atoms with van der Waals surface area (Å²) in [5, 5.41) is 11.9. The van der Waals surface area contributed by atoms with Gasteiger partial charge in [-0.25, -0.2) is 0 Å². The minimum atomic E-state index is 0.841. The molecular formula is C7H9N5. The second-order valence-electron chi connectivity index (χ2n) is 2.60. The van der Waals surface area contributed by atoms with Crippen LogP contribution in [0.5, 0.6) is 0 Å².